The van der Waals surface area contributed by atoms with Crippen LogP contribution in [0.1, 0.15) is 13.8 Å². The van der Waals surface area contributed by atoms with Crippen molar-refractivity contribution in [3.63, 3.8) is 0 Å². The van der Waals surface area contributed by atoms with Gasteiger partial charge in [-0.05, 0) is 20.9 Å². The zero-order valence-corrected chi connectivity index (χ0v) is 9.92. The number of amides is 1. The Balaban J connectivity index is 2.20. The van der Waals surface area contributed by atoms with Crippen LogP contribution in [0.5, 0.6) is 0 Å². The second-order valence-electron chi connectivity index (χ2n) is 4.21. The van der Waals surface area contributed by atoms with Crippen LogP contribution in [0.4, 0.5) is 0 Å². The lowest BCUT2D eigenvalue weighted by Crippen LogP contribution is -2.53. The Morgan fingerprint density at radius 2 is 1.87 bits per heavy atom. The number of hydrogen-bond donors (Lipinski definition) is 2. The first-order valence-electron chi connectivity index (χ1n) is 5.56. The van der Waals surface area contributed by atoms with Gasteiger partial charge in [0.2, 0.25) is 5.91 Å². The van der Waals surface area contributed by atoms with Crippen molar-refractivity contribution in [2.24, 2.45) is 0 Å². The molecular weight excluding hydrogens is 192 g/mol. The Morgan fingerprint density at radius 1 is 1.27 bits per heavy atom. The van der Waals surface area contributed by atoms with E-state index in [0.717, 1.165) is 26.2 Å². The fourth-order valence-corrected chi connectivity index (χ4v) is 1.70. The minimum Gasteiger partial charge on any atom is -0.353 e. The first kappa shape index (κ1) is 12.4. The molecule has 0 aliphatic carbocycles. The third-order valence-corrected chi connectivity index (χ3v) is 2.51. The lowest BCUT2D eigenvalue weighted by molar-refractivity contribution is -0.123. The Morgan fingerprint density at radius 3 is 2.33 bits per heavy atom. The van der Waals surface area contributed by atoms with Crippen molar-refractivity contribution in [2.45, 2.75) is 19.9 Å². The van der Waals surface area contributed by atoms with E-state index in [0.29, 0.717) is 6.54 Å². The van der Waals surface area contributed by atoms with Crippen LogP contribution in [0.2, 0.25) is 0 Å². The number of hydrogen-bond acceptors (Lipinski definition) is 4. The summed E-state index contributed by atoms with van der Waals surface area (Å²) < 4.78 is 0. The van der Waals surface area contributed by atoms with Gasteiger partial charge in [-0.3, -0.25) is 15.1 Å². The predicted molar refractivity (Wildman–Crippen MR) is 60.4 cm³/mol. The van der Waals surface area contributed by atoms with Crippen LogP contribution in [0.25, 0.3) is 0 Å². The van der Waals surface area contributed by atoms with Gasteiger partial charge in [0, 0.05) is 32.2 Å². The molecule has 1 saturated heterocycles. The van der Waals surface area contributed by atoms with Crippen molar-refractivity contribution in [1.29, 1.82) is 0 Å². The minimum atomic E-state index is 0.128. The van der Waals surface area contributed by atoms with E-state index in [9.17, 15) is 4.79 Å². The maximum atomic E-state index is 11.5. The highest BCUT2D eigenvalue weighted by molar-refractivity contribution is 5.78. The molecule has 0 atom stereocenters. The number of nitrogens with one attached hydrogen (secondary N) is 2. The molecule has 0 unspecified atom stereocenters. The lowest BCUT2D eigenvalue weighted by atomic mass is 10.3. The zero-order chi connectivity index (χ0) is 11.3. The van der Waals surface area contributed by atoms with Crippen molar-refractivity contribution in [1.82, 2.24) is 20.7 Å². The maximum absolute atomic E-state index is 11.5. The van der Waals surface area contributed by atoms with Gasteiger partial charge >= 0.3 is 0 Å². The van der Waals surface area contributed by atoms with Gasteiger partial charge in [-0.2, -0.15) is 0 Å². The largest absolute Gasteiger partial charge is 0.353 e. The van der Waals surface area contributed by atoms with Crippen LogP contribution in [0.15, 0.2) is 0 Å². The van der Waals surface area contributed by atoms with Crippen LogP contribution in [0, 0.1) is 0 Å². The molecule has 0 bridgehead atoms. The fourth-order valence-electron chi connectivity index (χ4n) is 1.70. The highest BCUT2D eigenvalue weighted by Gasteiger charge is 2.17. The summed E-state index contributed by atoms with van der Waals surface area (Å²) >= 11 is 0. The molecule has 0 spiro atoms. The van der Waals surface area contributed by atoms with Crippen LogP contribution in [0.3, 0.4) is 0 Å². The van der Waals surface area contributed by atoms with Gasteiger partial charge in [0.25, 0.3) is 0 Å². The summed E-state index contributed by atoms with van der Waals surface area (Å²) in [6, 6.07) is 0.232. The van der Waals surface area contributed by atoms with E-state index in [1.807, 2.05) is 20.9 Å². The standard InChI is InChI=1S/C10H22N4O/c1-9(2)12-10(15)8-13-4-6-14(11-3)7-5-13/h9,11H,4-8H2,1-3H3,(H,12,15). The van der Waals surface area contributed by atoms with E-state index in [1.165, 1.54) is 0 Å². The fraction of sp³-hybridized carbons (Fsp3) is 0.900. The Labute approximate surface area is 91.8 Å². The van der Waals surface area contributed by atoms with Gasteiger partial charge in [0.15, 0.2) is 0 Å². The van der Waals surface area contributed by atoms with E-state index in [4.69, 9.17) is 0 Å². The molecule has 1 heterocycles. The molecule has 1 fully saturated rings. The normalized spacial score (nSPS) is 19.5. The van der Waals surface area contributed by atoms with E-state index in [2.05, 4.69) is 20.7 Å². The highest BCUT2D eigenvalue weighted by Crippen LogP contribution is 1.97. The van der Waals surface area contributed by atoms with Crippen molar-refractivity contribution in [3.05, 3.63) is 0 Å². The molecule has 1 aliphatic rings. The number of rotatable bonds is 4. The average molecular weight is 214 g/mol. The monoisotopic (exact) mass is 214 g/mol. The summed E-state index contributed by atoms with van der Waals surface area (Å²) in [6.45, 7) is 8.35. The van der Waals surface area contributed by atoms with Gasteiger partial charge in [-0.25, -0.2) is 5.01 Å². The molecular formula is C10H22N4O. The highest BCUT2D eigenvalue weighted by atomic mass is 16.2. The van der Waals surface area contributed by atoms with Crippen LogP contribution in [-0.2, 0) is 4.79 Å². The predicted octanol–water partition coefficient (Wildman–Crippen LogP) is -0.737. The number of hydrazine groups is 1. The average Bonchev–Trinajstić information content (AvgIpc) is 2.17. The quantitative estimate of drug-likeness (QED) is 0.647. The summed E-state index contributed by atoms with van der Waals surface area (Å²) in [6.07, 6.45) is 0. The maximum Gasteiger partial charge on any atom is 0.234 e. The minimum absolute atomic E-state index is 0.128. The molecule has 0 radical (unpaired) electrons. The third kappa shape index (κ3) is 4.59. The first-order chi connectivity index (χ1) is 7.11. The third-order valence-electron chi connectivity index (χ3n) is 2.51. The second-order valence-corrected chi connectivity index (χ2v) is 4.21. The van der Waals surface area contributed by atoms with Gasteiger partial charge < -0.3 is 5.32 Å². The van der Waals surface area contributed by atoms with Crippen molar-refractivity contribution in [2.75, 3.05) is 39.8 Å². The first-order valence-corrected chi connectivity index (χ1v) is 5.56. The molecule has 1 rings (SSSR count). The van der Waals surface area contributed by atoms with Crippen LogP contribution < -0.4 is 10.7 Å². The summed E-state index contributed by atoms with van der Waals surface area (Å²) in [4.78, 5) is 13.7. The van der Waals surface area contributed by atoms with E-state index in [1.54, 1.807) is 0 Å². The van der Waals surface area contributed by atoms with E-state index in [-0.39, 0.29) is 11.9 Å². The molecule has 5 heteroatoms. The SMILES string of the molecule is CNN1CCN(CC(=O)NC(C)C)CC1. The number of carbonyl (C=O) groups is 1. The van der Waals surface area contributed by atoms with E-state index >= 15 is 0 Å². The molecule has 1 aliphatic heterocycles. The summed E-state index contributed by atoms with van der Waals surface area (Å²) in [7, 11) is 1.93. The molecule has 0 aromatic heterocycles. The van der Waals surface area contributed by atoms with Gasteiger partial charge in [-0.1, -0.05) is 0 Å². The Hall–Kier alpha value is -0.650. The topological polar surface area (TPSA) is 47.6 Å². The smallest absolute Gasteiger partial charge is 0.234 e. The van der Waals surface area contributed by atoms with E-state index < -0.39 is 0 Å². The number of carbonyl (C=O) groups excluding carboxylic acids is 1. The van der Waals surface area contributed by atoms with Crippen molar-refractivity contribution >= 4 is 5.91 Å². The van der Waals surface area contributed by atoms with Crippen LogP contribution in [-0.4, -0.2) is 61.6 Å². The summed E-state index contributed by atoms with van der Waals surface area (Å²) in [5.41, 5.74) is 3.12. The summed E-state index contributed by atoms with van der Waals surface area (Å²) in [5, 5.41) is 5.07. The Bertz CT molecular complexity index is 200. The summed E-state index contributed by atoms with van der Waals surface area (Å²) in [5.74, 6) is 0.128. The van der Waals surface area contributed by atoms with Crippen molar-refractivity contribution < 1.29 is 4.79 Å². The van der Waals surface area contributed by atoms with Gasteiger partial charge in [0.1, 0.15) is 0 Å². The molecule has 88 valence electrons. The van der Waals surface area contributed by atoms with Crippen LogP contribution >= 0.6 is 0 Å². The lowest BCUT2D eigenvalue weighted by Gasteiger charge is -2.33. The molecule has 0 saturated carbocycles. The Kier molecular flexibility index (Phi) is 5.01. The molecule has 0 aromatic rings. The molecule has 15 heavy (non-hydrogen) atoms. The van der Waals surface area contributed by atoms with Crippen molar-refractivity contribution in [3.8, 4) is 0 Å². The molecule has 1 amide bonds. The molecule has 2 N–H and O–H groups in total. The zero-order valence-electron chi connectivity index (χ0n) is 9.92. The van der Waals surface area contributed by atoms with Gasteiger partial charge in [0.05, 0.1) is 6.54 Å². The number of nitrogens with zero attached hydrogens (tertiary/aromatic N) is 2. The number of piperazine rings is 1. The molecule has 5 nitrogen and oxygen atoms in total. The second kappa shape index (κ2) is 6.05. The molecule has 0 aromatic carbocycles. The van der Waals surface area contributed by atoms with Gasteiger partial charge in [-0.15, -0.1) is 0 Å².